The maximum absolute atomic E-state index is 9.89. The summed E-state index contributed by atoms with van der Waals surface area (Å²) < 4.78 is 0. The fourth-order valence-electron chi connectivity index (χ4n) is 1.36. The first-order valence-corrected chi connectivity index (χ1v) is 3.69. The third-order valence-corrected chi connectivity index (χ3v) is 2.05. The van der Waals surface area contributed by atoms with Crippen LogP contribution < -0.4 is 0 Å². The molecule has 0 spiro atoms. The van der Waals surface area contributed by atoms with Gasteiger partial charge in [0.1, 0.15) is 0 Å². The Labute approximate surface area is 66.4 Å². The molecule has 1 atom stereocenters. The van der Waals surface area contributed by atoms with Gasteiger partial charge in [-0.15, -0.1) is 0 Å². The van der Waals surface area contributed by atoms with Crippen LogP contribution in [0.25, 0.3) is 0 Å². The molecule has 0 amide bonds. The van der Waals surface area contributed by atoms with Crippen molar-refractivity contribution < 1.29 is 4.79 Å². The Balaban J connectivity index is 2.49. The van der Waals surface area contributed by atoms with E-state index in [1.54, 1.807) is 0 Å². The fourth-order valence-corrected chi connectivity index (χ4v) is 1.36. The van der Waals surface area contributed by atoms with E-state index in [-0.39, 0.29) is 0 Å². The SMILES string of the molecule is C=C(N=C=O)C1CCN(C)C1. The van der Waals surface area contributed by atoms with Gasteiger partial charge < -0.3 is 4.90 Å². The van der Waals surface area contributed by atoms with Crippen LogP contribution in [-0.4, -0.2) is 31.1 Å². The lowest BCUT2D eigenvalue weighted by molar-refractivity contribution is 0.405. The van der Waals surface area contributed by atoms with E-state index in [1.807, 2.05) is 0 Å². The van der Waals surface area contributed by atoms with Crippen molar-refractivity contribution in [3.8, 4) is 0 Å². The van der Waals surface area contributed by atoms with Crippen molar-refractivity contribution in [1.29, 1.82) is 0 Å². The van der Waals surface area contributed by atoms with E-state index in [1.165, 1.54) is 6.08 Å². The molecular weight excluding hydrogens is 140 g/mol. The first kappa shape index (κ1) is 8.18. The maximum Gasteiger partial charge on any atom is 0.240 e. The van der Waals surface area contributed by atoms with Crippen molar-refractivity contribution in [3.05, 3.63) is 12.3 Å². The molecule has 0 radical (unpaired) electrons. The van der Waals surface area contributed by atoms with Crippen LogP contribution in [0, 0.1) is 5.92 Å². The topological polar surface area (TPSA) is 32.7 Å². The highest BCUT2D eigenvalue weighted by molar-refractivity contribution is 5.36. The summed E-state index contributed by atoms with van der Waals surface area (Å²) in [6, 6.07) is 0. The molecule has 0 N–H and O–H groups in total. The van der Waals surface area contributed by atoms with Crippen molar-refractivity contribution in [2.24, 2.45) is 10.9 Å². The zero-order chi connectivity index (χ0) is 8.27. The van der Waals surface area contributed by atoms with Crippen LogP contribution in [0.1, 0.15) is 6.42 Å². The van der Waals surface area contributed by atoms with E-state index < -0.39 is 0 Å². The van der Waals surface area contributed by atoms with E-state index in [0.29, 0.717) is 11.6 Å². The van der Waals surface area contributed by atoms with Crippen LogP contribution in [-0.2, 0) is 4.79 Å². The summed E-state index contributed by atoms with van der Waals surface area (Å²) in [5, 5.41) is 0. The van der Waals surface area contributed by atoms with Gasteiger partial charge >= 0.3 is 0 Å². The van der Waals surface area contributed by atoms with E-state index in [9.17, 15) is 4.79 Å². The molecule has 1 rings (SSSR count). The smallest absolute Gasteiger partial charge is 0.240 e. The molecule has 0 aromatic carbocycles. The second-order valence-corrected chi connectivity index (χ2v) is 2.94. The van der Waals surface area contributed by atoms with Gasteiger partial charge in [0.2, 0.25) is 6.08 Å². The molecule has 1 aliphatic rings. The molecule has 1 aliphatic heterocycles. The van der Waals surface area contributed by atoms with Crippen LogP contribution in [0.15, 0.2) is 17.3 Å². The van der Waals surface area contributed by atoms with E-state index in [2.05, 4.69) is 23.5 Å². The van der Waals surface area contributed by atoms with Gasteiger partial charge in [0.25, 0.3) is 0 Å². The first-order valence-electron chi connectivity index (χ1n) is 3.69. The van der Waals surface area contributed by atoms with Gasteiger partial charge in [-0.1, -0.05) is 6.58 Å². The van der Waals surface area contributed by atoms with Gasteiger partial charge in [0.15, 0.2) is 0 Å². The summed E-state index contributed by atoms with van der Waals surface area (Å²) in [6.07, 6.45) is 2.57. The normalized spacial score (nSPS) is 24.6. The van der Waals surface area contributed by atoms with Crippen LogP contribution in [0.4, 0.5) is 0 Å². The Morgan fingerprint density at radius 1 is 1.82 bits per heavy atom. The van der Waals surface area contributed by atoms with Crippen LogP contribution >= 0.6 is 0 Å². The lowest BCUT2D eigenvalue weighted by Gasteiger charge is -2.07. The number of likely N-dealkylation sites (tertiary alicyclic amines) is 1. The minimum Gasteiger partial charge on any atom is -0.306 e. The highest BCUT2D eigenvalue weighted by Gasteiger charge is 2.21. The molecular formula is C8H12N2O. The number of nitrogens with zero attached hydrogens (tertiary/aromatic N) is 2. The number of hydrogen-bond donors (Lipinski definition) is 0. The van der Waals surface area contributed by atoms with Gasteiger partial charge in [0.05, 0.1) is 5.70 Å². The number of aliphatic imine (C=N–C) groups is 1. The Hall–Kier alpha value is -0.920. The van der Waals surface area contributed by atoms with Crippen molar-refractivity contribution >= 4 is 6.08 Å². The third-order valence-electron chi connectivity index (χ3n) is 2.05. The fraction of sp³-hybridized carbons (Fsp3) is 0.625. The minimum atomic E-state index is 0.362. The van der Waals surface area contributed by atoms with Crippen LogP contribution in [0.5, 0.6) is 0 Å². The summed E-state index contributed by atoms with van der Waals surface area (Å²) in [7, 11) is 2.05. The van der Waals surface area contributed by atoms with Crippen molar-refractivity contribution in [3.63, 3.8) is 0 Å². The average Bonchev–Trinajstić information content (AvgIpc) is 2.36. The third kappa shape index (κ3) is 2.00. The quantitative estimate of drug-likeness (QED) is 0.433. The van der Waals surface area contributed by atoms with Gasteiger partial charge in [-0.25, -0.2) is 4.79 Å². The molecule has 11 heavy (non-hydrogen) atoms. The lowest BCUT2D eigenvalue weighted by Crippen LogP contribution is -2.14. The predicted molar refractivity (Wildman–Crippen MR) is 42.9 cm³/mol. The zero-order valence-electron chi connectivity index (χ0n) is 6.71. The maximum atomic E-state index is 9.89. The van der Waals surface area contributed by atoms with Gasteiger partial charge in [-0.2, -0.15) is 4.99 Å². The largest absolute Gasteiger partial charge is 0.306 e. The molecule has 0 bridgehead atoms. The lowest BCUT2D eigenvalue weighted by atomic mass is 10.1. The summed E-state index contributed by atoms with van der Waals surface area (Å²) in [6.45, 7) is 5.73. The second-order valence-electron chi connectivity index (χ2n) is 2.94. The Kier molecular flexibility index (Phi) is 2.58. The van der Waals surface area contributed by atoms with Gasteiger partial charge in [-0.3, -0.25) is 0 Å². The van der Waals surface area contributed by atoms with Gasteiger partial charge in [0, 0.05) is 12.5 Å². The summed E-state index contributed by atoms with van der Waals surface area (Å²) >= 11 is 0. The molecule has 0 saturated carbocycles. The van der Waals surface area contributed by atoms with Crippen LogP contribution in [0.3, 0.4) is 0 Å². The molecule has 1 heterocycles. The number of rotatable bonds is 2. The predicted octanol–water partition coefficient (Wildman–Crippen LogP) is 0.788. The summed E-state index contributed by atoms with van der Waals surface area (Å²) in [4.78, 5) is 15.6. The molecule has 1 fully saturated rings. The second kappa shape index (κ2) is 3.46. The number of isocyanates is 1. The Morgan fingerprint density at radius 2 is 2.55 bits per heavy atom. The molecule has 3 nitrogen and oxygen atoms in total. The standard InChI is InChI=1S/C8H12N2O/c1-7(9-6-11)8-3-4-10(2)5-8/h8H,1,3-5H2,2H3. The highest BCUT2D eigenvalue weighted by Crippen LogP contribution is 2.21. The molecule has 3 heteroatoms. The highest BCUT2D eigenvalue weighted by atomic mass is 16.1. The van der Waals surface area contributed by atoms with Crippen molar-refractivity contribution in [1.82, 2.24) is 4.90 Å². The molecule has 0 aliphatic carbocycles. The number of hydrogen-bond acceptors (Lipinski definition) is 3. The van der Waals surface area contributed by atoms with Crippen LogP contribution in [0.2, 0.25) is 0 Å². The van der Waals surface area contributed by atoms with Gasteiger partial charge in [-0.05, 0) is 20.0 Å². The Bertz CT molecular complexity index is 206. The van der Waals surface area contributed by atoms with E-state index >= 15 is 0 Å². The average molecular weight is 152 g/mol. The number of carbonyl (C=O) groups excluding carboxylic acids is 1. The first-order chi connectivity index (χ1) is 5.24. The monoisotopic (exact) mass is 152 g/mol. The summed E-state index contributed by atoms with van der Waals surface area (Å²) in [5.74, 6) is 0.362. The molecule has 0 aromatic rings. The minimum absolute atomic E-state index is 0.362. The molecule has 1 unspecified atom stereocenters. The van der Waals surface area contributed by atoms with Crippen molar-refractivity contribution in [2.75, 3.05) is 20.1 Å². The van der Waals surface area contributed by atoms with E-state index in [0.717, 1.165) is 19.5 Å². The Morgan fingerprint density at radius 3 is 3.00 bits per heavy atom. The zero-order valence-corrected chi connectivity index (χ0v) is 6.71. The van der Waals surface area contributed by atoms with Crippen molar-refractivity contribution in [2.45, 2.75) is 6.42 Å². The molecule has 0 aromatic heterocycles. The summed E-state index contributed by atoms with van der Waals surface area (Å²) in [5.41, 5.74) is 0.671. The molecule has 60 valence electrons. The molecule has 1 saturated heterocycles. The van der Waals surface area contributed by atoms with E-state index in [4.69, 9.17) is 0 Å².